The van der Waals surface area contributed by atoms with Crippen LogP contribution in [-0.2, 0) is 14.3 Å². The van der Waals surface area contributed by atoms with Crippen molar-refractivity contribution >= 4 is 5.91 Å². The Morgan fingerprint density at radius 3 is 2.50 bits per heavy atom. The third kappa shape index (κ3) is 3.81. The number of carbonyl (C=O) groups is 1. The van der Waals surface area contributed by atoms with Gasteiger partial charge in [0.05, 0.1) is 19.1 Å². The molecule has 4 fully saturated rings. The molecule has 1 spiro atoms. The molecule has 4 rings (SSSR count). The van der Waals surface area contributed by atoms with Crippen molar-refractivity contribution in [1.29, 1.82) is 0 Å². The lowest BCUT2D eigenvalue weighted by molar-refractivity contribution is -0.192. The second-order valence-electron chi connectivity index (χ2n) is 8.89. The Bertz CT molecular complexity index is 478. The lowest BCUT2D eigenvalue weighted by Gasteiger charge is -2.38. The van der Waals surface area contributed by atoms with E-state index >= 15 is 0 Å². The summed E-state index contributed by atoms with van der Waals surface area (Å²) in [4.78, 5) is 17.9. The Kier molecular flexibility index (Phi) is 5.87. The fourth-order valence-electron chi connectivity index (χ4n) is 5.57. The molecule has 0 aromatic heterocycles. The normalized spacial score (nSPS) is 33.2. The highest BCUT2D eigenvalue weighted by Crippen LogP contribution is 2.43. The molecule has 0 bridgehead atoms. The molecule has 0 radical (unpaired) electrons. The summed E-state index contributed by atoms with van der Waals surface area (Å²) in [6.45, 7) is 8.03. The Morgan fingerprint density at radius 2 is 1.77 bits per heavy atom. The number of hydrogen-bond donors (Lipinski definition) is 0. The van der Waals surface area contributed by atoms with Crippen molar-refractivity contribution in [2.75, 3.05) is 39.4 Å². The minimum atomic E-state index is -0.585. The summed E-state index contributed by atoms with van der Waals surface area (Å²) in [7, 11) is 0. The summed E-state index contributed by atoms with van der Waals surface area (Å²) >= 11 is 0. The zero-order chi connectivity index (χ0) is 18.0. The van der Waals surface area contributed by atoms with Gasteiger partial charge in [-0.2, -0.15) is 0 Å². The standard InChI is InChI=1S/C21H36N2O3/c1-17-5-2-3-11-22(17)12-7-18-8-13-23(14-9-18)20(24)19-6-4-10-21(19)25-15-16-26-21/h17-19H,2-16H2,1H3/t17-,19-/m1/s1. The maximum Gasteiger partial charge on any atom is 0.231 e. The molecule has 3 aliphatic heterocycles. The molecule has 1 amide bonds. The van der Waals surface area contributed by atoms with Crippen LogP contribution in [0.4, 0.5) is 0 Å². The number of amides is 1. The molecular formula is C21H36N2O3. The summed E-state index contributed by atoms with van der Waals surface area (Å²) in [5.74, 6) is 0.408. The molecular weight excluding hydrogens is 328 g/mol. The first-order chi connectivity index (χ1) is 12.7. The highest BCUT2D eigenvalue weighted by atomic mass is 16.7. The number of rotatable bonds is 4. The summed E-state index contributed by atoms with van der Waals surface area (Å²) in [6, 6.07) is 0.760. The van der Waals surface area contributed by atoms with Crippen molar-refractivity contribution in [3.63, 3.8) is 0 Å². The molecule has 26 heavy (non-hydrogen) atoms. The predicted molar refractivity (Wildman–Crippen MR) is 101 cm³/mol. The summed E-state index contributed by atoms with van der Waals surface area (Å²) in [5, 5.41) is 0. The van der Waals surface area contributed by atoms with E-state index in [4.69, 9.17) is 9.47 Å². The van der Waals surface area contributed by atoms with E-state index in [0.717, 1.165) is 57.2 Å². The number of ether oxygens (including phenoxy) is 2. The first-order valence-corrected chi connectivity index (χ1v) is 11.0. The maximum atomic E-state index is 13.1. The van der Waals surface area contributed by atoms with E-state index in [1.165, 1.54) is 38.8 Å². The van der Waals surface area contributed by atoms with Crippen LogP contribution in [0, 0.1) is 11.8 Å². The van der Waals surface area contributed by atoms with Gasteiger partial charge < -0.3 is 19.3 Å². The van der Waals surface area contributed by atoms with E-state index in [0.29, 0.717) is 13.2 Å². The van der Waals surface area contributed by atoms with Crippen LogP contribution in [0.15, 0.2) is 0 Å². The molecule has 148 valence electrons. The Labute approximate surface area is 158 Å². The van der Waals surface area contributed by atoms with Gasteiger partial charge in [-0.3, -0.25) is 4.79 Å². The smallest absolute Gasteiger partial charge is 0.231 e. The molecule has 4 aliphatic rings. The van der Waals surface area contributed by atoms with Crippen molar-refractivity contribution in [1.82, 2.24) is 9.80 Å². The van der Waals surface area contributed by atoms with Gasteiger partial charge in [0.15, 0.2) is 5.79 Å². The zero-order valence-corrected chi connectivity index (χ0v) is 16.5. The summed E-state index contributed by atoms with van der Waals surface area (Å²) in [5.41, 5.74) is 0. The summed E-state index contributed by atoms with van der Waals surface area (Å²) in [6.07, 6.45) is 10.6. The lowest BCUT2D eigenvalue weighted by Crippen LogP contribution is -2.48. The van der Waals surface area contributed by atoms with Crippen LogP contribution in [0.3, 0.4) is 0 Å². The van der Waals surface area contributed by atoms with Gasteiger partial charge in [-0.25, -0.2) is 0 Å². The Balaban J connectivity index is 1.24. The first kappa shape index (κ1) is 18.7. The van der Waals surface area contributed by atoms with Crippen LogP contribution in [0.25, 0.3) is 0 Å². The molecule has 2 atom stereocenters. The van der Waals surface area contributed by atoms with Crippen LogP contribution in [0.2, 0.25) is 0 Å². The van der Waals surface area contributed by atoms with Crippen molar-refractivity contribution in [2.24, 2.45) is 11.8 Å². The van der Waals surface area contributed by atoms with E-state index < -0.39 is 5.79 Å². The van der Waals surface area contributed by atoms with E-state index in [1.54, 1.807) is 0 Å². The second-order valence-corrected chi connectivity index (χ2v) is 8.89. The van der Waals surface area contributed by atoms with Crippen molar-refractivity contribution in [2.45, 2.75) is 76.5 Å². The minimum absolute atomic E-state index is 0.0734. The van der Waals surface area contributed by atoms with E-state index in [1.807, 2.05) is 0 Å². The first-order valence-electron chi connectivity index (χ1n) is 11.0. The number of carbonyl (C=O) groups excluding carboxylic acids is 1. The van der Waals surface area contributed by atoms with Gasteiger partial charge in [-0.15, -0.1) is 0 Å². The predicted octanol–water partition coefficient (Wildman–Crippen LogP) is 3.03. The van der Waals surface area contributed by atoms with E-state index in [9.17, 15) is 4.79 Å². The minimum Gasteiger partial charge on any atom is -0.347 e. The fourth-order valence-corrected chi connectivity index (χ4v) is 5.57. The number of nitrogens with zero attached hydrogens (tertiary/aromatic N) is 2. The molecule has 3 saturated heterocycles. The van der Waals surface area contributed by atoms with Gasteiger partial charge >= 0.3 is 0 Å². The molecule has 0 N–H and O–H groups in total. The number of hydrogen-bond acceptors (Lipinski definition) is 4. The quantitative estimate of drug-likeness (QED) is 0.769. The van der Waals surface area contributed by atoms with Gasteiger partial charge in [0, 0.05) is 25.6 Å². The average Bonchev–Trinajstić information content (AvgIpc) is 3.31. The van der Waals surface area contributed by atoms with Gasteiger partial charge in [0.25, 0.3) is 0 Å². The highest BCUT2D eigenvalue weighted by Gasteiger charge is 2.52. The maximum absolute atomic E-state index is 13.1. The third-order valence-corrected chi connectivity index (χ3v) is 7.31. The molecule has 1 saturated carbocycles. The molecule has 1 aliphatic carbocycles. The second kappa shape index (κ2) is 8.15. The third-order valence-electron chi connectivity index (χ3n) is 7.31. The molecule has 5 heteroatoms. The Hall–Kier alpha value is -0.650. The van der Waals surface area contributed by atoms with Crippen LogP contribution < -0.4 is 0 Å². The van der Waals surface area contributed by atoms with E-state index in [2.05, 4.69) is 16.7 Å². The van der Waals surface area contributed by atoms with Gasteiger partial charge in [-0.05, 0) is 70.9 Å². The molecule has 0 unspecified atom stereocenters. The van der Waals surface area contributed by atoms with Crippen LogP contribution in [0.1, 0.15) is 64.7 Å². The Morgan fingerprint density at radius 1 is 1.00 bits per heavy atom. The van der Waals surface area contributed by atoms with Gasteiger partial charge in [0.1, 0.15) is 0 Å². The van der Waals surface area contributed by atoms with Crippen molar-refractivity contribution < 1.29 is 14.3 Å². The summed E-state index contributed by atoms with van der Waals surface area (Å²) < 4.78 is 11.8. The van der Waals surface area contributed by atoms with Crippen LogP contribution in [-0.4, -0.2) is 66.9 Å². The molecule has 0 aromatic carbocycles. The van der Waals surface area contributed by atoms with Gasteiger partial charge in [-0.1, -0.05) is 6.42 Å². The lowest BCUT2D eigenvalue weighted by atomic mass is 9.91. The van der Waals surface area contributed by atoms with Crippen LogP contribution in [0.5, 0.6) is 0 Å². The number of piperidine rings is 2. The van der Waals surface area contributed by atoms with E-state index in [-0.39, 0.29) is 11.8 Å². The SMILES string of the molecule is C[C@@H]1CCCCN1CCC1CCN(C(=O)[C@H]2CCCC23OCCO3)CC1. The fraction of sp³-hybridized carbons (Fsp3) is 0.952. The monoisotopic (exact) mass is 364 g/mol. The average molecular weight is 365 g/mol. The van der Waals surface area contributed by atoms with Crippen molar-refractivity contribution in [3.8, 4) is 0 Å². The molecule has 3 heterocycles. The zero-order valence-electron chi connectivity index (χ0n) is 16.5. The van der Waals surface area contributed by atoms with Gasteiger partial charge in [0.2, 0.25) is 5.91 Å². The molecule has 5 nitrogen and oxygen atoms in total. The highest BCUT2D eigenvalue weighted by molar-refractivity contribution is 5.80. The largest absolute Gasteiger partial charge is 0.347 e. The number of likely N-dealkylation sites (tertiary alicyclic amines) is 2. The topological polar surface area (TPSA) is 42.0 Å². The molecule has 0 aromatic rings. The van der Waals surface area contributed by atoms with Crippen molar-refractivity contribution in [3.05, 3.63) is 0 Å². The van der Waals surface area contributed by atoms with Crippen LogP contribution >= 0.6 is 0 Å².